The second kappa shape index (κ2) is 11.0. The molecule has 1 heterocycles. The molecule has 0 bridgehead atoms. The van der Waals surface area contributed by atoms with Gasteiger partial charge in [0.05, 0.1) is 30.8 Å². The second-order valence-corrected chi connectivity index (χ2v) is 7.71. The van der Waals surface area contributed by atoms with Gasteiger partial charge in [-0.2, -0.15) is 0 Å². The average Bonchev–Trinajstić information content (AvgIpc) is 3.06. The molecule has 0 amide bonds. The van der Waals surface area contributed by atoms with Gasteiger partial charge in [-0.1, -0.05) is 37.4 Å². The summed E-state index contributed by atoms with van der Waals surface area (Å²) in [4.78, 5) is 16.2. The first kappa shape index (κ1) is 22.9. The van der Waals surface area contributed by atoms with E-state index in [4.69, 9.17) is 25.8 Å². The van der Waals surface area contributed by atoms with E-state index in [0.717, 1.165) is 47.4 Å². The Kier molecular flexibility index (Phi) is 8.18. The number of carbonyl (C=O) groups is 1. The van der Waals surface area contributed by atoms with Gasteiger partial charge in [0.1, 0.15) is 17.3 Å². The van der Waals surface area contributed by atoms with Crippen molar-refractivity contribution in [2.24, 2.45) is 0 Å². The van der Waals surface area contributed by atoms with E-state index >= 15 is 0 Å². The minimum Gasteiger partial charge on any atom is -0.494 e. The van der Waals surface area contributed by atoms with Gasteiger partial charge >= 0.3 is 5.97 Å². The number of nitrogens with zero attached hydrogens (tertiary/aromatic N) is 2. The van der Waals surface area contributed by atoms with Crippen molar-refractivity contribution < 1.29 is 19.0 Å². The molecule has 7 heteroatoms. The van der Waals surface area contributed by atoms with Gasteiger partial charge < -0.3 is 18.8 Å². The largest absolute Gasteiger partial charge is 0.494 e. The molecule has 3 rings (SSSR count). The zero-order valence-electron chi connectivity index (χ0n) is 18.3. The number of esters is 1. The van der Waals surface area contributed by atoms with E-state index in [1.807, 2.05) is 37.3 Å². The van der Waals surface area contributed by atoms with E-state index in [-0.39, 0.29) is 6.61 Å². The van der Waals surface area contributed by atoms with Gasteiger partial charge in [-0.3, -0.25) is 0 Å². The van der Waals surface area contributed by atoms with Gasteiger partial charge in [-0.25, -0.2) is 9.78 Å². The Morgan fingerprint density at radius 1 is 1.06 bits per heavy atom. The Hall–Kier alpha value is -2.73. The van der Waals surface area contributed by atoms with Crippen LogP contribution in [0.4, 0.5) is 0 Å². The fourth-order valence-electron chi connectivity index (χ4n) is 3.32. The summed E-state index contributed by atoms with van der Waals surface area (Å²) in [7, 11) is 0. The smallest absolute Gasteiger partial charge is 0.344 e. The first-order valence-electron chi connectivity index (χ1n) is 10.7. The van der Waals surface area contributed by atoms with Gasteiger partial charge in [0.25, 0.3) is 0 Å². The van der Waals surface area contributed by atoms with Crippen molar-refractivity contribution >= 4 is 28.6 Å². The van der Waals surface area contributed by atoms with Gasteiger partial charge in [-0.15, -0.1) is 0 Å². The standard InChI is InChI=1S/C24H29ClN2O4/c1-4-6-7-12-30-19-9-8-18(21(25)13-19)15-27-17(3)26-22-11-10-20(14-23(22)27)31-16-24(28)29-5-2/h8-11,13-14H,4-7,12,15-16H2,1-3H3. The summed E-state index contributed by atoms with van der Waals surface area (Å²) in [6, 6.07) is 11.4. The number of imidazole rings is 1. The van der Waals surface area contributed by atoms with Crippen LogP contribution in [0, 0.1) is 6.92 Å². The molecule has 0 atom stereocenters. The Morgan fingerprint density at radius 3 is 2.58 bits per heavy atom. The minimum atomic E-state index is -0.393. The van der Waals surface area contributed by atoms with Gasteiger partial charge in [0.2, 0.25) is 0 Å². The molecular formula is C24H29ClN2O4. The zero-order chi connectivity index (χ0) is 22.2. The Bertz CT molecular complexity index is 1030. The summed E-state index contributed by atoms with van der Waals surface area (Å²) >= 11 is 6.55. The summed E-state index contributed by atoms with van der Waals surface area (Å²) in [5.74, 6) is 1.85. The third-order valence-corrected chi connectivity index (χ3v) is 5.29. The lowest BCUT2D eigenvalue weighted by molar-refractivity contribution is -0.145. The van der Waals surface area contributed by atoms with Crippen molar-refractivity contribution in [1.29, 1.82) is 0 Å². The van der Waals surface area contributed by atoms with E-state index in [1.165, 1.54) is 0 Å². The fourth-order valence-corrected chi connectivity index (χ4v) is 3.55. The highest BCUT2D eigenvalue weighted by atomic mass is 35.5. The Morgan fingerprint density at radius 2 is 1.84 bits per heavy atom. The van der Waals surface area contributed by atoms with E-state index in [0.29, 0.717) is 30.5 Å². The van der Waals surface area contributed by atoms with Crippen LogP contribution in [-0.4, -0.2) is 35.3 Å². The topological polar surface area (TPSA) is 62.6 Å². The molecule has 1 aromatic heterocycles. The van der Waals surface area contributed by atoms with Crippen molar-refractivity contribution in [3.05, 3.63) is 52.8 Å². The van der Waals surface area contributed by atoms with Crippen LogP contribution in [-0.2, 0) is 16.1 Å². The first-order valence-corrected chi connectivity index (χ1v) is 11.1. The second-order valence-electron chi connectivity index (χ2n) is 7.30. The lowest BCUT2D eigenvalue weighted by Gasteiger charge is -2.12. The molecule has 0 radical (unpaired) electrons. The molecule has 31 heavy (non-hydrogen) atoms. The molecule has 0 spiro atoms. The van der Waals surface area contributed by atoms with Crippen molar-refractivity contribution in [3.8, 4) is 11.5 Å². The number of ether oxygens (including phenoxy) is 3. The third-order valence-electron chi connectivity index (χ3n) is 4.94. The van der Waals surface area contributed by atoms with Crippen LogP contribution >= 0.6 is 11.6 Å². The maximum Gasteiger partial charge on any atom is 0.344 e. The van der Waals surface area contributed by atoms with Crippen molar-refractivity contribution in [3.63, 3.8) is 0 Å². The molecule has 0 unspecified atom stereocenters. The van der Waals surface area contributed by atoms with Crippen LogP contribution in [0.1, 0.15) is 44.5 Å². The van der Waals surface area contributed by atoms with Crippen molar-refractivity contribution in [1.82, 2.24) is 9.55 Å². The van der Waals surface area contributed by atoms with Gasteiger partial charge in [-0.05, 0) is 50.1 Å². The summed E-state index contributed by atoms with van der Waals surface area (Å²) < 4.78 is 18.4. The minimum absolute atomic E-state index is 0.127. The predicted octanol–water partition coefficient (Wildman–Crippen LogP) is 5.56. The monoisotopic (exact) mass is 444 g/mol. The van der Waals surface area contributed by atoms with E-state index in [9.17, 15) is 4.79 Å². The van der Waals surface area contributed by atoms with Crippen molar-refractivity contribution in [2.75, 3.05) is 19.8 Å². The predicted molar refractivity (Wildman–Crippen MR) is 122 cm³/mol. The summed E-state index contributed by atoms with van der Waals surface area (Å²) in [6.07, 6.45) is 3.36. The van der Waals surface area contributed by atoms with E-state index in [2.05, 4.69) is 16.5 Å². The number of hydrogen-bond donors (Lipinski definition) is 0. The quantitative estimate of drug-likeness (QED) is 0.286. The molecule has 166 valence electrons. The van der Waals surface area contributed by atoms with Crippen LogP contribution in [0.3, 0.4) is 0 Å². The van der Waals surface area contributed by atoms with Crippen LogP contribution in [0.15, 0.2) is 36.4 Å². The first-order chi connectivity index (χ1) is 15.0. The number of hydrogen-bond acceptors (Lipinski definition) is 5. The molecule has 6 nitrogen and oxygen atoms in total. The fraction of sp³-hybridized carbons (Fsp3) is 0.417. The Balaban J connectivity index is 1.75. The van der Waals surface area contributed by atoms with E-state index in [1.54, 1.807) is 13.0 Å². The number of aromatic nitrogens is 2. The van der Waals surface area contributed by atoms with Crippen LogP contribution in [0.25, 0.3) is 11.0 Å². The van der Waals surface area contributed by atoms with Gasteiger partial charge in [0.15, 0.2) is 6.61 Å². The zero-order valence-corrected chi connectivity index (χ0v) is 19.1. The molecule has 0 aliphatic heterocycles. The lowest BCUT2D eigenvalue weighted by atomic mass is 10.2. The molecule has 0 N–H and O–H groups in total. The number of aryl methyl sites for hydroxylation is 1. The van der Waals surface area contributed by atoms with Crippen LogP contribution in [0.5, 0.6) is 11.5 Å². The van der Waals surface area contributed by atoms with E-state index < -0.39 is 5.97 Å². The highest BCUT2D eigenvalue weighted by Gasteiger charge is 2.12. The molecule has 0 aliphatic rings. The third kappa shape index (κ3) is 6.14. The normalized spacial score (nSPS) is 11.0. The van der Waals surface area contributed by atoms with Crippen LogP contribution in [0.2, 0.25) is 5.02 Å². The maximum atomic E-state index is 11.6. The number of unbranched alkanes of at least 4 members (excludes halogenated alkanes) is 2. The lowest BCUT2D eigenvalue weighted by Crippen LogP contribution is -2.14. The number of halogens is 1. The molecule has 0 aliphatic carbocycles. The highest BCUT2D eigenvalue weighted by molar-refractivity contribution is 6.31. The number of benzene rings is 2. The van der Waals surface area contributed by atoms with Crippen molar-refractivity contribution in [2.45, 2.75) is 46.6 Å². The number of rotatable bonds is 11. The number of fused-ring (bicyclic) bond motifs is 1. The molecule has 2 aromatic carbocycles. The summed E-state index contributed by atoms with van der Waals surface area (Å²) in [5, 5.41) is 0.656. The van der Waals surface area contributed by atoms with Gasteiger partial charge in [0, 0.05) is 11.1 Å². The SMILES string of the molecule is CCCCCOc1ccc(Cn2c(C)nc3ccc(OCC(=O)OCC)cc32)c(Cl)c1. The highest BCUT2D eigenvalue weighted by Crippen LogP contribution is 2.27. The molecule has 0 saturated heterocycles. The molecule has 3 aromatic rings. The van der Waals surface area contributed by atoms with Crippen LogP contribution < -0.4 is 9.47 Å². The summed E-state index contributed by atoms with van der Waals surface area (Å²) in [5.41, 5.74) is 2.74. The number of carbonyl (C=O) groups excluding carboxylic acids is 1. The summed E-state index contributed by atoms with van der Waals surface area (Å²) in [6.45, 7) is 7.36. The molecule has 0 fully saturated rings. The Labute approximate surface area is 188 Å². The molecular weight excluding hydrogens is 416 g/mol. The molecule has 0 saturated carbocycles. The maximum absolute atomic E-state index is 11.6. The average molecular weight is 445 g/mol.